The topological polar surface area (TPSA) is 64.9 Å². The molecule has 1 aromatic heterocycles. The van der Waals surface area contributed by atoms with Crippen LogP contribution >= 0.6 is 0 Å². The molecule has 4 nitrogen and oxygen atoms in total. The molecule has 0 aliphatic rings. The van der Waals surface area contributed by atoms with Crippen LogP contribution in [-0.4, -0.2) is 10.1 Å². The zero-order chi connectivity index (χ0) is 14.5. The van der Waals surface area contributed by atoms with E-state index in [9.17, 15) is 0 Å². The number of nitrogen functional groups attached to an aromatic ring is 1. The molecule has 3 aromatic rings. The van der Waals surface area contributed by atoms with Crippen LogP contribution in [-0.2, 0) is 6.42 Å². The van der Waals surface area contributed by atoms with Gasteiger partial charge in [-0.05, 0) is 29.3 Å². The Labute approximate surface area is 122 Å². The number of hydrogen-bond donors (Lipinski definition) is 1. The first kappa shape index (κ1) is 13.1. The summed E-state index contributed by atoms with van der Waals surface area (Å²) in [4.78, 5) is 4.35. The third-order valence-electron chi connectivity index (χ3n) is 3.04. The molecule has 1 heterocycles. The fraction of sp³-hybridized carbons (Fsp3) is 0.0588. The van der Waals surface area contributed by atoms with Crippen LogP contribution in [0.3, 0.4) is 0 Å². The summed E-state index contributed by atoms with van der Waals surface area (Å²) in [6.07, 6.45) is 4.38. The van der Waals surface area contributed by atoms with E-state index < -0.39 is 0 Å². The zero-order valence-electron chi connectivity index (χ0n) is 11.4. The predicted octanol–water partition coefficient (Wildman–Crippen LogP) is 3.41. The Morgan fingerprint density at radius 3 is 2.48 bits per heavy atom. The van der Waals surface area contributed by atoms with E-state index in [-0.39, 0.29) is 0 Å². The fourth-order valence-electron chi connectivity index (χ4n) is 1.96. The predicted molar refractivity (Wildman–Crippen MR) is 83.3 cm³/mol. The lowest BCUT2D eigenvalue weighted by molar-refractivity contribution is 0.404. The van der Waals surface area contributed by atoms with E-state index in [0.717, 1.165) is 16.8 Å². The van der Waals surface area contributed by atoms with Gasteiger partial charge in [0.1, 0.15) is 0 Å². The van der Waals surface area contributed by atoms with Crippen molar-refractivity contribution < 1.29 is 4.52 Å². The normalized spacial score (nSPS) is 11.0. The highest BCUT2D eigenvalue weighted by atomic mass is 16.5. The van der Waals surface area contributed by atoms with E-state index in [1.54, 1.807) is 6.08 Å². The van der Waals surface area contributed by atoms with Gasteiger partial charge < -0.3 is 10.3 Å². The molecule has 0 aliphatic heterocycles. The summed E-state index contributed by atoms with van der Waals surface area (Å²) in [5.74, 6) is 1.18. The van der Waals surface area contributed by atoms with E-state index in [2.05, 4.69) is 10.1 Å². The number of anilines is 1. The van der Waals surface area contributed by atoms with E-state index in [0.29, 0.717) is 18.1 Å². The second kappa shape index (κ2) is 6.05. The van der Waals surface area contributed by atoms with Crippen LogP contribution in [0, 0.1) is 0 Å². The van der Waals surface area contributed by atoms with Gasteiger partial charge in [0.15, 0.2) is 5.82 Å². The summed E-state index contributed by atoms with van der Waals surface area (Å²) >= 11 is 0. The lowest BCUT2D eigenvalue weighted by Gasteiger charge is -1.94. The first-order valence-corrected chi connectivity index (χ1v) is 6.70. The van der Waals surface area contributed by atoms with Crippen LogP contribution in [0.4, 0.5) is 5.69 Å². The molecule has 2 aromatic carbocycles. The van der Waals surface area contributed by atoms with E-state index in [1.807, 2.05) is 60.7 Å². The van der Waals surface area contributed by atoms with Gasteiger partial charge in [0.2, 0.25) is 0 Å². The Morgan fingerprint density at radius 2 is 1.71 bits per heavy atom. The van der Waals surface area contributed by atoms with Gasteiger partial charge in [0.25, 0.3) is 5.89 Å². The Kier molecular flexibility index (Phi) is 3.78. The Hall–Kier alpha value is -2.88. The molecule has 0 spiro atoms. The summed E-state index contributed by atoms with van der Waals surface area (Å²) in [6, 6.07) is 17.7. The summed E-state index contributed by atoms with van der Waals surface area (Å²) in [5, 5.41) is 3.98. The lowest BCUT2D eigenvalue weighted by atomic mass is 10.1. The van der Waals surface area contributed by atoms with E-state index >= 15 is 0 Å². The number of nitrogens with zero attached hydrogens (tertiary/aromatic N) is 2. The molecule has 0 unspecified atom stereocenters. The van der Waals surface area contributed by atoms with Gasteiger partial charge in [-0.25, -0.2) is 0 Å². The van der Waals surface area contributed by atoms with Gasteiger partial charge in [-0.3, -0.25) is 0 Å². The quantitative estimate of drug-likeness (QED) is 0.742. The molecule has 0 saturated carbocycles. The van der Waals surface area contributed by atoms with Crippen molar-refractivity contribution in [3.63, 3.8) is 0 Å². The molecule has 0 amide bonds. The number of hydrogen-bond acceptors (Lipinski definition) is 4. The molecule has 0 saturated heterocycles. The molecule has 0 radical (unpaired) electrons. The first-order valence-electron chi connectivity index (χ1n) is 6.70. The average molecular weight is 277 g/mol. The minimum Gasteiger partial charge on any atom is -0.399 e. The van der Waals surface area contributed by atoms with Crippen molar-refractivity contribution in [1.82, 2.24) is 10.1 Å². The number of rotatable bonds is 4. The smallest absolute Gasteiger partial charge is 0.250 e. The molecular formula is C17H15N3O. The number of benzene rings is 2. The lowest BCUT2D eigenvalue weighted by Crippen LogP contribution is -1.89. The van der Waals surface area contributed by atoms with Crippen molar-refractivity contribution >= 4 is 17.8 Å². The molecule has 104 valence electrons. The first-order chi connectivity index (χ1) is 10.3. The standard InChI is InChI=1S/C17H15N3O/c18-15-9-6-13(7-10-15)8-11-17-19-16(20-21-17)12-14-4-2-1-3-5-14/h1-11H,12,18H2/b11-8+. The van der Waals surface area contributed by atoms with Crippen LogP contribution in [0.1, 0.15) is 22.8 Å². The van der Waals surface area contributed by atoms with Crippen LogP contribution in [0.15, 0.2) is 59.1 Å². The van der Waals surface area contributed by atoms with E-state index in [4.69, 9.17) is 10.3 Å². The molecule has 0 fully saturated rings. The molecule has 2 N–H and O–H groups in total. The Bertz CT molecular complexity index is 730. The van der Waals surface area contributed by atoms with E-state index in [1.165, 1.54) is 0 Å². The number of nitrogens with two attached hydrogens (primary N) is 1. The van der Waals surface area contributed by atoms with Crippen LogP contribution in [0.2, 0.25) is 0 Å². The minimum atomic E-state index is 0.498. The SMILES string of the molecule is Nc1ccc(/C=C/c2nc(Cc3ccccc3)no2)cc1. The maximum atomic E-state index is 5.65. The minimum absolute atomic E-state index is 0.498. The fourth-order valence-corrected chi connectivity index (χ4v) is 1.96. The Balaban J connectivity index is 1.69. The van der Waals surface area contributed by atoms with Gasteiger partial charge in [-0.2, -0.15) is 4.98 Å². The second-order valence-electron chi connectivity index (χ2n) is 4.71. The van der Waals surface area contributed by atoms with Crippen LogP contribution in [0.5, 0.6) is 0 Å². The molecule has 0 aliphatic carbocycles. The monoisotopic (exact) mass is 277 g/mol. The summed E-state index contributed by atoms with van der Waals surface area (Å²) < 4.78 is 5.21. The highest BCUT2D eigenvalue weighted by Gasteiger charge is 2.04. The van der Waals surface area contributed by atoms with Gasteiger partial charge >= 0.3 is 0 Å². The highest BCUT2D eigenvalue weighted by molar-refractivity contribution is 5.66. The average Bonchev–Trinajstić information content (AvgIpc) is 2.95. The summed E-state index contributed by atoms with van der Waals surface area (Å²) in [6.45, 7) is 0. The van der Waals surface area contributed by atoms with Gasteiger partial charge in [-0.1, -0.05) is 47.6 Å². The molecule has 3 rings (SSSR count). The summed E-state index contributed by atoms with van der Waals surface area (Å²) in [7, 11) is 0. The van der Waals surface area contributed by atoms with Gasteiger partial charge in [0.05, 0.1) is 0 Å². The third kappa shape index (κ3) is 3.57. The highest BCUT2D eigenvalue weighted by Crippen LogP contribution is 2.11. The number of aromatic nitrogens is 2. The maximum Gasteiger partial charge on any atom is 0.250 e. The molecule has 0 bridgehead atoms. The van der Waals surface area contributed by atoms with Crippen molar-refractivity contribution in [3.8, 4) is 0 Å². The molecule has 4 heteroatoms. The molecule has 0 atom stereocenters. The van der Waals surface area contributed by atoms with Crippen LogP contribution < -0.4 is 5.73 Å². The van der Waals surface area contributed by atoms with Gasteiger partial charge in [-0.15, -0.1) is 0 Å². The largest absolute Gasteiger partial charge is 0.399 e. The van der Waals surface area contributed by atoms with Crippen molar-refractivity contribution in [2.75, 3.05) is 5.73 Å². The second-order valence-corrected chi connectivity index (χ2v) is 4.71. The van der Waals surface area contributed by atoms with Crippen molar-refractivity contribution in [1.29, 1.82) is 0 Å². The van der Waals surface area contributed by atoms with Crippen molar-refractivity contribution in [2.24, 2.45) is 0 Å². The Morgan fingerprint density at radius 1 is 0.952 bits per heavy atom. The summed E-state index contributed by atoms with van der Waals surface area (Å²) in [5.41, 5.74) is 8.58. The molecule has 21 heavy (non-hydrogen) atoms. The zero-order valence-corrected chi connectivity index (χ0v) is 11.4. The third-order valence-corrected chi connectivity index (χ3v) is 3.04. The molecular weight excluding hydrogens is 262 g/mol. The van der Waals surface area contributed by atoms with Crippen LogP contribution in [0.25, 0.3) is 12.2 Å². The van der Waals surface area contributed by atoms with Gasteiger partial charge in [0, 0.05) is 18.2 Å². The van der Waals surface area contributed by atoms with Crippen molar-refractivity contribution in [2.45, 2.75) is 6.42 Å². The maximum absolute atomic E-state index is 5.65. The van der Waals surface area contributed by atoms with Crippen molar-refractivity contribution in [3.05, 3.63) is 77.4 Å².